The lowest BCUT2D eigenvalue weighted by Crippen LogP contribution is -2.28. The number of benzene rings is 3. The fraction of sp³-hybridized carbons (Fsp3) is 0.241. The molecule has 5 nitrogen and oxygen atoms in total. The maximum Gasteiger partial charge on any atom is 0.253 e. The van der Waals surface area contributed by atoms with Crippen molar-refractivity contribution in [1.82, 2.24) is 9.88 Å². The Morgan fingerprint density at radius 1 is 0.941 bits per heavy atom. The highest BCUT2D eigenvalue weighted by Gasteiger charge is 2.37. The molecule has 5 heteroatoms. The van der Waals surface area contributed by atoms with Crippen molar-refractivity contribution in [1.29, 1.82) is 0 Å². The smallest absolute Gasteiger partial charge is 0.253 e. The first-order valence-corrected chi connectivity index (χ1v) is 11.8. The maximum absolute atomic E-state index is 13.7. The number of amides is 1. The zero-order valence-corrected chi connectivity index (χ0v) is 19.1. The van der Waals surface area contributed by atoms with Crippen LogP contribution in [0.1, 0.15) is 57.5 Å². The van der Waals surface area contributed by atoms with Crippen LogP contribution in [0.25, 0.3) is 10.9 Å². The lowest BCUT2D eigenvalue weighted by Gasteiger charge is -2.18. The Hall–Kier alpha value is -3.70. The lowest BCUT2D eigenvalue weighted by molar-refractivity contribution is 0.0787. The van der Waals surface area contributed by atoms with Crippen molar-refractivity contribution < 1.29 is 9.53 Å². The predicted octanol–water partition coefficient (Wildman–Crippen LogP) is 5.43. The van der Waals surface area contributed by atoms with E-state index in [0.717, 1.165) is 22.0 Å². The lowest BCUT2D eigenvalue weighted by atomic mass is 9.84. The van der Waals surface area contributed by atoms with Crippen LogP contribution in [-0.2, 0) is 11.3 Å². The number of carbonyl (C=O) groups excluding carboxylic acids is 1. The maximum atomic E-state index is 13.7. The molecular formula is C29H27N3O2. The SMILES string of the molecule is C[C@H]1OCc2c1c(N)nc1ccc(C(=O)N3C[C@@H](c4ccccc4)[C@H](c4ccccc4)C3)cc21. The zero-order chi connectivity index (χ0) is 23.2. The number of nitrogen functional groups attached to an aromatic ring is 1. The van der Waals surface area contributed by atoms with Crippen LogP contribution in [0.15, 0.2) is 78.9 Å². The number of hydrogen-bond donors (Lipinski definition) is 1. The summed E-state index contributed by atoms with van der Waals surface area (Å²) in [5, 5.41) is 0.956. The molecule has 2 N–H and O–H groups in total. The first-order valence-electron chi connectivity index (χ1n) is 11.8. The molecule has 3 heterocycles. The quantitative estimate of drug-likeness (QED) is 0.453. The third-order valence-electron chi connectivity index (χ3n) is 7.36. The summed E-state index contributed by atoms with van der Waals surface area (Å²) < 4.78 is 5.82. The number of rotatable bonds is 3. The van der Waals surface area contributed by atoms with Crippen LogP contribution in [0.4, 0.5) is 5.82 Å². The van der Waals surface area contributed by atoms with E-state index in [1.807, 2.05) is 42.2 Å². The molecule has 2 aliphatic heterocycles. The van der Waals surface area contributed by atoms with E-state index < -0.39 is 0 Å². The molecule has 1 fully saturated rings. The molecule has 3 atom stereocenters. The van der Waals surface area contributed by atoms with Gasteiger partial charge in [-0.3, -0.25) is 4.79 Å². The van der Waals surface area contributed by atoms with Gasteiger partial charge in [-0.25, -0.2) is 4.98 Å². The molecule has 0 saturated carbocycles. The zero-order valence-electron chi connectivity index (χ0n) is 19.1. The van der Waals surface area contributed by atoms with Gasteiger partial charge in [0.05, 0.1) is 18.2 Å². The number of hydrogen-bond acceptors (Lipinski definition) is 4. The molecule has 2 aliphatic rings. The molecule has 34 heavy (non-hydrogen) atoms. The van der Waals surface area contributed by atoms with Crippen LogP contribution in [0, 0.1) is 0 Å². The summed E-state index contributed by atoms with van der Waals surface area (Å²) in [6.45, 7) is 3.87. The minimum Gasteiger partial charge on any atom is -0.383 e. The second-order valence-corrected chi connectivity index (χ2v) is 9.32. The second kappa shape index (κ2) is 8.26. The summed E-state index contributed by atoms with van der Waals surface area (Å²) in [5.41, 5.74) is 12.2. The molecule has 3 aromatic carbocycles. The third-order valence-corrected chi connectivity index (χ3v) is 7.36. The van der Waals surface area contributed by atoms with E-state index in [2.05, 4.69) is 53.5 Å². The fourth-order valence-corrected chi connectivity index (χ4v) is 5.63. The summed E-state index contributed by atoms with van der Waals surface area (Å²) in [7, 11) is 0. The molecule has 1 saturated heterocycles. The van der Waals surface area contributed by atoms with Gasteiger partial charge in [0, 0.05) is 41.4 Å². The molecule has 0 unspecified atom stereocenters. The number of nitrogens with two attached hydrogens (primary N) is 1. The van der Waals surface area contributed by atoms with Crippen molar-refractivity contribution in [3.05, 3.63) is 107 Å². The molecule has 170 valence electrons. The number of anilines is 1. The molecule has 0 spiro atoms. The number of fused-ring (bicyclic) bond motifs is 3. The first-order chi connectivity index (χ1) is 16.6. The average molecular weight is 450 g/mol. The van der Waals surface area contributed by atoms with E-state index >= 15 is 0 Å². The molecule has 1 amide bonds. The Balaban J connectivity index is 1.36. The van der Waals surface area contributed by atoms with Gasteiger partial charge in [0.25, 0.3) is 5.91 Å². The number of aromatic nitrogens is 1. The highest BCUT2D eigenvalue weighted by atomic mass is 16.5. The van der Waals surface area contributed by atoms with Gasteiger partial charge in [-0.15, -0.1) is 0 Å². The summed E-state index contributed by atoms with van der Waals surface area (Å²) in [5.74, 6) is 1.09. The van der Waals surface area contributed by atoms with E-state index in [9.17, 15) is 4.79 Å². The number of ether oxygens (including phenoxy) is 1. The summed E-state index contributed by atoms with van der Waals surface area (Å²) in [4.78, 5) is 20.3. The summed E-state index contributed by atoms with van der Waals surface area (Å²) in [6.07, 6.45) is -0.0805. The molecular weight excluding hydrogens is 422 g/mol. The molecule has 1 aromatic heterocycles. The van der Waals surface area contributed by atoms with Gasteiger partial charge in [0.2, 0.25) is 0 Å². The van der Waals surface area contributed by atoms with E-state index in [4.69, 9.17) is 10.5 Å². The van der Waals surface area contributed by atoms with Gasteiger partial charge in [-0.05, 0) is 41.8 Å². The average Bonchev–Trinajstić information content (AvgIpc) is 3.50. The number of pyridine rings is 1. The normalized spacial score (nSPS) is 21.7. The van der Waals surface area contributed by atoms with Crippen LogP contribution < -0.4 is 5.73 Å². The molecule has 0 bridgehead atoms. The van der Waals surface area contributed by atoms with Crippen molar-refractivity contribution >= 4 is 22.6 Å². The largest absolute Gasteiger partial charge is 0.383 e. The molecule has 6 rings (SSSR count). The van der Waals surface area contributed by atoms with Gasteiger partial charge in [0.15, 0.2) is 0 Å². The van der Waals surface area contributed by atoms with Gasteiger partial charge in [-0.1, -0.05) is 60.7 Å². The Bertz CT molecular complexity index is 1320. The Labute approximate surface area is 199 Å². The van der Waals surface area contributed by atoms with Crippen LogP contribution in [0.2, 0.25) is 0 Å². The van der Waals surface area contributed by atoms with Crippen molar-refractivity contribution in [3.63, 3.8) is 0 Å². The van der Waals surface area contributed by atoms with Crippen LogP contribution in [0.3, 0.4) is 0 Å². The van der Waals surface area contributed by atoms with Crippen molar-refractivity contribution in [2.24, 2.45) is 0 Å². The minimum atomic E-state index is -0.0805. The van der Waals surface area contributed by atoms with Crippen LogP contribution in [-0.4, -0.2) is 28.9 Å². The van der Waals surface area contributed by atoms with Gasteiger partial charge in [-0.2, -0.15) is 0 Å². The van der Waals surface area contributed by atoms with Crippen molar-refractivity contribution in [2.45, 2.75) is 31.5 Å². The summed E-state index contributed by atoms with van der Waals surface area (Å²) >= 11 is 0. The first kappa shape index (κ1) is 20.9. The predicted molar refractivity (Wildman–Crippen MR) is 134 cm³/mol. The van der Waals surface area contributed by atoms with Crippen LogP contribution in [0.5, 0.6) is 0 Å². The molecule has 4 aromatic rings. The van der Waals surface area contributed by atoms with Crippen molar-refractivity contribution in [2.75, 3.05) is 18.8 Å². The minimum absolute atomic E-state index is 0.0544. The van der Waals surface area contributed by atoms with E-state index in [1.54, 1.807) is 0 Å². The van der Waals surface area contributed by atoms with Crippen LogP contribution >= 0.6 is 0 Å². The number of nitrogens with zero attached hydrogens (tertiary/aromatic N) is 2. The Morgan fingerprint density at radius 3 is 2.18 bits per heavy atom. The van der Waals surface area contributed by atoms with Gasteiger partial charge >= 0.3 is 0 Å². The number of likely N-dealkylation sites (tertiary alicyclic amines) is 1. The van der Waals surface area contributed by atoms with E-state index in [1.165, 1.54) is 11.1 Å². The van der Waals surface area contributed by atoms with E-state index in [-0.39, 0.29) is 23.8 Å². The topological polar surface area (TPSA) is 68.5 Å². The Morgan fingerprint density at radius 2 is 1.56 bits per heavy atom. The highest BCUT2D eigenvalue weighted by Crippen LogP contribution is 2.41. The standard InChI is InChI=1S/C29H27N3O2/c1-18-27-25(17-34-18)22-14-21(12-13-26(22)31-28(27)30)29(33)32-15-23(19-8-4-2-5-9-19)24(16-32)20-10-6-3-7-11-20/h2-14,18,23-24H,15-17H2,1H3,(H2,30,31)/t18-,23+,24+/m1/s1. The third kappa shape index (κ3) is 3.44. The highest BCUT2D eigenvalue weighted by molar-refractivity contribution is 5.99. The van der Waals surface area contributed by atoms with Gasteiger partial charge < -0.3 is 15.4 Å². The number of carbonyl (C=O) groups is 1. The van der Waals surface area contributed by atoms with Crippen molar-refractivity contribution in [3.8, 4) is 0 Å². The van der Waals surface area contributed by atoms with Gasteiger partial charge in [0.1, 0.15) is 5.82 Å². The Kier molecular flexibility index (Phi) is 5.07. The summed E-state index contributed by atoms with van der Waals surface area (Å²) in [6, 6.07) is 26.8. The second-order valence-electron chi connectivity index (χ2n) is 9.32. The molecule has 0 aliphatic carbocycles. The monoisotopic (exact) mass is 449 g/mol. The van der Waals surface area contributed by atoms with E-state index in [0.29, 0.717) is 31.1 Å². The fourth-order valence-electron chi connectivity index (χ4n) is 5.63. The molecule has 0 radical (unpaired) electrons.